The number of sulfone groups is 4. The van der Waals surface area contributed by atoms with E-state index in [-0.39, 0.29) is 15.0 Å². The Morgan fingerprint density at radius 3 is 1.15 bits per heavy atom. The van der Waals surface area contributed by atoms with Crippen LogP contribution in [-0.2, 0) is 50.6 Å². The molecule has 1 saturated heterocycles. The van der Waals surface area contributed by atoms with E-state index in [1.54, 1.807) is 116 Å². The van der Waals surface area contributed by atoms with Crippen LogP contribution < -0.4 is 15.5 Å². The van der Waals surface area contributed by atoms with Crippen molar-refractivity contribution in [3.05, 3.63) is 182 Å². The number of hydrogen-bond acceptors (Lipinski definition) is 14. The molecule has 1 aliphatic rings. The Hall–Kier alpha value is -6.44. The summed E-state index contributed by atoms with van der Waals surface area (Å²) >= 11 is 0. The first-order valence-corrected chi connectivity index (χ1v) is 36.4. The predicted molar refractivity (Wildman–Crippen MR) is 366 cm³/mol. The van der Waals surface area contributed by atoms with Crippen LogP contribution in [0.1, 0.15) is 142 Å². The highest BCUT2D eigenvalue weighted by atomic mass is 32.2. The number of ether oxygens (including phenoxy) is 1. The van der Waals surface area contributed by atoms with E-state index in [9.17, 15) is 33.7 Å². The molecule has 0 amide bonds. The van der Waals surface area contributed by atoms with Gasteiger partial charge < -0.3 is 20.3 Å². The standard InChI is InChI=1S/C16H19NO2S.C14H16N2O2S.C14H15NO2S.C13H19NO3S.4C3H8/c1-13(2)20(18,19)16-10-8-15(9-11-16)17-12-14-6-4-3-5-7-14;1-11(2)19(17,18)13-8-9-14(15-10-13)16-12-6-4-3-5-7-12;1-11(2)18(16,17)13-8-9-14(15-10-13)12-6-4-3-5-7-12;1-11(2)18(15,16)13-5-3-12(4-6-13)14-7-9-17-10-8-14;4*1-3-2/h3-11,13,17H,12H2,1-2H3;3-11H,1-2H3,(H,15,16);3-11H,1-2H3;3-6,11H,7-10H2,1-2H3;4*3H2,1-2H3. The molecular formula is C69H101N5O9S4. The maximum Gasteiger partial charge on any atom is 0.182 e. The maximum atomic E-state index is 12.0. The molecule has 1 fully saturated rings. The van der Waals surface area contributed by atoms with Crippen LogP contribution in [0.3, 0.4) is 0 Å². The molecule has 0 atom stereocenters. The molecule has 8 rings (SSSR count). The third-order valence-electron chi connectivity index (χ3n) is 11.8. The van der Waals surface area contributed by atoms with Gasteiger partial charge in [-0.3, -0.25) is 4.98 Å². The number of rotatable bonds is 15. The summed E-state index contributed by atoms with van der Waals surface area (Å²) in [5, 5.41) is 4.73. The lowest BCUT2D eigenvalue weighted by Gasteiger charge is -2.28. The summed E-state index contributed by atoms with van der Waals surface area (Å²) in [5.74, 6) is 0.619. The van der Waals surface area contributed by atoms with Crippen LogP contribution in [0, 0.1) is 0 Å². The normalized spacial score (nSPS) is 12.0. The third-order valence-corrected chi connectivity index (χ3v) is 20.4. The van der Waals surface area contributed by atoms with E-state index in [0.717, 1.165) is 61.2 Å². The van der Waals surface area contributed by atoms with Crippen molar-refractivity contribution in [2.45, 2.75) is 184 Å². The lowest BCUT2D eigenvalue weighted by molar-refractivity contribution is 0.122. The fourth-order valence-electron chi connectivity index (χ4n) is 6.94. The molecule has 7 aromatic rings. The average molecular weight is 1270 g/mol. The molecule has 0 saturated carbocycles. The van der Waals surface area contributed by atoms with Crippen LogP contribution in [0.25, 0.3) is 11.3 Å². The first-order valence-electron chi connectivity index (χ1n) is 30.2. The second-order valence-corrected chi connectivity index (χ2v) is 31.3. The SMILES string of the molecule is CC(C)S(=O)(=O)c1ccc(-c2ccccc2)nc1.CC(C)S(=O)(=O)c1ccc(N2CCOCC2)cc1.CC(C)S(=O)(=O)c1ccc(NCc2ccccc2)cc1.CC(C)S(=O)(=O)c1ccc(Nc2ccccc2)nc1.CCC.CCC.CCC.CCC. The lowest BCUT2D eigenvalue weighted by Crippen LogP contribution is -2.36. The van der Waals surface area contributed by atoms with Gasteiger partial charge in [-0.15, -0.1) is 0 Å². The number of hydrogen-bond donors (Lipinski definition) is 2. The van der Waals surface area contributed by atoms with Crippen LogP contribution in [0.5, 0.6) is 0 Å². The molecule has 3 heterocycles. The minimum Gasteiger partial charge on any atom is -0.381 e. The summed E-state index contributed by atoms with van der Waals surface area (Å²) in [7, 11) is -12.9. The van der Waals surface area contributed by atoms with Gasteiger partial charge in [0, 0.05) is 54.7 Å². The van der Waals surface area contributed by atoms with Gasteiger partial charge >= 0.3 is 0 Å². The van der Waals surface area contributed by atoms with E-state index >= 15 is 0 Å². The molecule has 0 spiro atoms. The highest BCUT2D eigenvalue weighted by Crippen LogP contribution is 2.24. The average Bonchev–Trinajstić information content (AvgIpc) is 3.49. The second kappa shape index (κ2) is 41.7. The van der Waals surface area contributed by atoms with Gasteiger partial charge in [0.2, 0.25) is 0 Å². The van der Waals surface area contributed by atoms with Crippen LogP contribution in [0.4, 0.5) is 22.9 Å². The number of nitrogens with zero attached hydrogens (tertiary/aromatic N) is 3. The molecule has 87 heavy (non-hydrogen) atoms. The summed E-state index contributed by atoms with van der Waals surface area (Å²) in [6.45, 7) is 34.3. The molecular weight excluding hydrogens is 1170 g/mol. The molecule has 480 valence electrons. The smallest absolute Gasteiger partial charge is 0.182 e. The topological polar surface area (TPSA) is 199 Å². The molecule has 0 unspecified atom stereocenters. The van der Waals surface area contributed by atoms with Crippen LogP contribution >= 0.6 is 0 Å². The predicted octanol–water partition coefficient (Wildman–Crippen LogP) is 16.8. The minimum absolute atomic E-state index is 0.251. The monoisotopic (exact) mass is 1270 g/mol. The van der Waals surface area contributed by atoms with E-state index in [2.05, 4.69) is 80.9 Å². The Morgan fingerprint density at radius 2 is 0.770 bits per heavy atom. The Kier molecular flexibility index (Phi) is 37.6. The maximum absolute atomic E-state index is 12.0. The lowest BCUT2D eigenvalue weighted by atomic mass is 10.1. The number of pyridine rings is 2. The molecule has 14 nitrogen and oxygen atoms in total. The number of anilines is 4. The fraction of sp³-hybridized carbons (Fsp3) is 0.420. The van der Waals surface area contributed by atoms with E-state index in [1.807, 2.05) is 103 Å². The fourth-order valence-corrected chi connectivity index (χ4v) is 11.1. The van der Waals surface area contributed by atoms with Crippen molar-refractivity contribution < 1.29 is 38.4 Å². The van der Waals surface area contributed by atoms with E-state index in [4.69, 9.17) is 4.74 Å². The van der Waals surface area contributed by atoms with Gasteiger partial charge in [-0.25, -0.2) is 38.7 Å². The van der Waals surface area contributed by atoms with E-state index < -0.39 is 55.1 Å². The second-order valence-electron chi connectivity index (χ2n) is 21.3. The quantitative estimate of drug-likeness (QED) is 0.0982. The molecule has 0 radical (unpaired) electrons. The molecule has 2 aromatic heterocycles. The summed E-state index contributed by atoms with van der Waals surface area (Å²) in [6, 6.07) is 50.0. The summed E-state index contributed by atoms with van der Waals surface area (Å²) in [5.41, 5.74) is 5.82. The van der Waals surface area contributed by atoms with Crippen molar-refractivity contribution in [1.82, 2.24) is 9.97 Å². The van der Waals surface area contributed by atoms with Gasteiger partial charge in [0.15, 0.2) is 39.3 Å². The van der Waals surface area contributed by atoms with Crippen LogP contribution in [0.2, 0.25) is 0 Å². The van der Waals surface area contributed by atoms with Gasteiger partial charge in [0.05, 0.1) is 59.5 Å². The van der Waals surface area contributed by atoms with Crippen molar-refractivity contribution in [2.75, 3.05) is 41.8 Å². The molecule has 2 N–H and O–H groups in total. The Balaban J connectivity index is 0.000000545. The van der Waals surface area contributed by atoms with E-state index in [0.29, 0.717) is 15.6 Å². The molecule has 1 aliphatic heterocycles. The zero-order valence-corrected chi connectivity index (χ0v) is 57.8. The van der Waals surface area contributed by atoms with Gasteiger partial charge in [-0.1, -0.05) is 160 Å². The number of aromatic nitrogens is 2. The number of morpholine rings is 1. The van der Waals surface area contributed by atoms with Crippen molar-refractivity contribution in [1.29, 1.82) is 0 Å². The largest absolute Gasteiger partial charge is 0.381 e. The highest BCUT2D eigenvalue weighted by Gasteiger charge is 2.22. The summed E-state index contributed by atoms with van der Waals surface area (Å²) in [4.78, 5) is 11.9. The van der Waals surface area contributed by atoms with Gasteiger partial charge in [0.25, 0.3) is 0 Å². The summed E-state index contributed by atoms with van der Waals surface area (Å²) < 4.78 is 101. The van der Waals surface area contributed by atoms with Crippen molar-refractivity contribution in [3.63, 3.8) is 0 Å². The first-order chi connectivity index (χ1) is 41.2. The molecule has 0 aliphatic carbocycles. The van der Waals surface area contributed by atoms with E-state index in [1.165, 1.54) is 43.6 Å². The van der Waals surface area contributed by atoms with Crippen molar-refractivity contribution >= 4 is 62.2 Å². The molecule has 5 aromatic carbocycles. The van der Waals surface area contributed by atoms with Gasteiger partial charge in [-0.2, -0.15) is 0 Å². The number of benzene rings is 5. The third kappa shape index (κ3) is 28.1. The van der Waals surface area contributed by atoms with Gasteiger partial charge in [0.1, 0.15) is 5.82 Å². The minimum atomic E-state index is -3.26. The van der Waals surface area contributed by atoms with Crippen LogP contribution in [0.15, 0.2) is 196 Å². The van der Waals surface area contributed by atoms with Gasteiger partial charge in [-0.05, 0) is 146 Å². The Labute approximate surface area is 525 Å². The Morgan fingerprint density at radius 1 is 0.414 bits per heavy atom. The first kappa shape index (κ1) is 78.6. The zero-order valence-electron chi connectivity index (χ0n) is 54.6. The Bertz CT molecular complexity index is 3360. The number of nitrogens with one attached hydrogen (secondary N) is 2. The zero-order chi connectivity index (χ0) is 65.6. The highest BCUT2D eigenvalue weighted by molar-refractivity contribution is 7.92. The van der Waals surface area contributed by atoms with Crippen molar-refractivity contribution in [2.24, 2.45) is 0 Å². The van der Waals surface area contributed by atoms with Crippen LogP contribution in [-0.4, -0.2) is 90.9 Å². The molecule has 0 bridgehead atoms. The summed E-state index contributed by atoms with van der Waals surface area (Å²) in [6.07, 6.45) is 7.82. The van der Waals surface area contributed by atoms with Crippen molar-refractivity contribution in [3.8, 4) is 11.3 Å². The number of para-hydroxylation sites is 1. The molecule has 18 heteroatoms.